The molecule has 0 bridgehead atoms. The van der Waals surface area contributed by atoms with Crippen molar-refractivity contribution in [2.45, 2.75) is 124 Å². The van der Waals surface area contributed by atoms with Gasteiger partial charge in [0.25, 0.3) is 0 Å². The van der Waals surface area contributed by atoms with Crippen molar-refractivity contribution < 1.29 is 75.8 Å². The van der Waals surface area contributed by atoms with Crippen LogP contribution in [-0.4, -0.2) is 109 Å². The average molecular weight is 1060 g/mol. The lowest BCUT2D eigenvalue weighted by atomic mass is 9.77. The maximum Gasteiger partial charge on any atom is 0.417 e. The van der Waals surface area contributed by atoms with E-state index in [9.17, 15) is 28.8 Å². The standard InChI is InChI=1S/C60H79FO15/c1-9-11-12-15-42-18-20-45(21-19-42)46-22-25-52(53(61)37-46)47-23-24-51(44(10-2)34-47)50-35-48(16-13-27-71-55(62)40(3)4)54(49(36-50)17-14-28-72-56(63)41(5)6)70-29-26-43(38-75-59(66)57(64)73-32-30-68-7)39-76-60(67)58(65)74-33-31-69-8/h22-25,34-37,42-43,45H,3,5,9-21,26-33,38-39H2,1-2,4,6-8H3. The minimum Gasteiger partial charge on any atom is -0.493 e. The Labute approximate surface area is 448 Å². The van der Waals surface area contributed by atoms with E-state index in [1.807, 2.05) is 43.3 Å². The number of esters is 6. The molecule has 0 N–H and O–H groups in total. The number of ether oxygens (including phenoxy) is 9. The Morgan fingerprint density at radius 3 is 1.58 bits per heavy atom. The molecule has 0 saturated heterocycles. The van der Waals surface area contributed by atoms with Gasteiger partial charge in [-0.2, -0.15) is 0 Å². The van der Waals surface area contributed by atoms with Gasteiger partial charge in [0.05, 0.1) is 46.2 Å². The first-order valence-corrected chi connectivity index (χ1v) is 26.6. The first-order valence-electron chi connectivity index (χ1n) is 26.6. The predicted octanol–water partition coefficient (Wildman–Crippen LogP) is 10.5. The molecule has 15 nitrogen and oxygen atoms in total. The van der Waals surface area contributed by atoms with Crippen LogP contribution in [0.2, 0.25) is 0 Å². The molecular formula is C60H79FO15. The Kier molecular flexibility index (Phi) is 27.5. The molecule has 3 aromatic rings. The minimum atomic E-state index is -1.28. The molecule has 0 atom stereocenters. The second kappa shape index (κ2) is 33.6. The summed E-state index contributed by atoms with van der Waals surface area (Å²) in [6, 6.07) is 15.7. The largest absolute Gasteiger partial charge is 0.493 e. The summed E-state index contributed by atoms with van der Waals surface area (Å²) < 4.78 is 63.7. The van der Waals surface area contributed by atoms with Crippen molar-refractivity contribution in [2.24, 2.45) is 11.8 Å². The first kappa shape index (κ1) is 62.2. The zero-order valence-electron chi connectivity index (χ0n) is 45.5. The first-order chi connectivity index (χ1) is 36.6. The van der Waals surface area contributed by atoms with Crippen molar-refractivity contribution in [1.82, 2.24) is 0 Å². The number of methoxy groups -OCH3 is 2. The Bertz CT molecular complexity index is 2330. The number of unbranched alkanes of at least 4 members (excludes halogenated alkanes) is 2. The van der Waals surface area contributed by atoms with Gasteiger partial charge in [-0.15, -0.1) is 0 Å². The number of hydrogen-bond acceptors (Lipinski definition) is 15. The molecule has 0 amide bonds. The number of halogens is 1. The third-order valence-corrected chi connectivity index (χ3v) is 13.3. The summed E-state index contributed by atoms with van der Waals surface area (Å²) >= 11 is 0. The number of carbonyl (C=O) groups excluding carboxylic acids is 6. The monoisotopic (exact) mass is 1060 g/mol. The maximum atomic E-state index is 16.2. The van der Waals surface area contributed by atoms with Gasteiger partial charge in [0.1, 0.15) is 24.8 Å². The number of carbonyl (C=O) groups is 6. The van der Waals surface area contributed by atoms with Crippen LogP contribution in [0.3, 0.4) is 0 Å². The van der Waals surface area contributed by atoms with Crippen LogP contribution in [0.15, 0.2) is 72.8 Å². The Balaban J connectivity index is 1.68. The summed E-state index contributed by atoms with van der Waals surface area (Å²) in [6.07, 6.45) is 11.9. The smallest absolute Gasteiger partial charge is 0.417 e. The second-order valence-electron chi connectivity index (χ2n) is 19.3. The molecular weight excluding hydrogens is 980 g/mol. The van der Waals surface area contributed by atoms with Crippen LogP contribution in [0, 0.1) is 17.7 Å². The van der Waals surface area contributed by atoms with Crippen molar-refractivity contribution in [3.05, 3.63) is 101 Å². The summed E-state index contributed by atoms with van der Waals surface area (Å²) in [6.45, 7) is 13.8. The molecule has 1 aliphatic carbocycles. The zero-order chi connectivity index (χ0) is 55.4. The van der Waals surface area contributed by atoms with Crippen molar-refractivity contribution in [3.8, 4) is 28.0 Å². The van der Waals surface area contributed by atoms with E-state index in [4.69, 9.17) is 42.6 Å². The van der Waals surface area contributed by atoms with E-state index in [1.165, 1.54) is 52.7 Å². The SMILES string of the molecule is C=C(C)C(=O)OCCCc1cc(-c2ccc(-c3ccc(C4CCC(CCCCC)CC4)cc3F)cc2CC)cc(CCCOC(=O)C(=C)C)c1OCCC(COC(=O)C(=O)OCCOC)COC(=O)C(=O)OCCOC. The van der Waals surface area contributed by atoms with Gasteiger partial charge in [-0.1, -0.05) is 83.0 Å². The van der Waals surface area contributed by atoms with E-state index in [-0.39, 0.29) is 69.6 Å². The number of benzene rings is 3. The predicted molar refractivity (Wildman–Crippen MR) is 285 cm³/mol. The van der Waals surface area contributed by atoms with Crippen LogP contribution in [0.25, 0.3) is 22.3 Å². The molecule has 76 heavy (non-hydrogen) atoms. The van der Waals surface area contributed by atoms with Gasteiger partial charge in [-0.3, -0.25) is 0 Å². The summed E-state index contributed by atoms with van der Waals surface area (Å²) in [4.78, 5) is 74.5. The number of hydrogen-bond donors (Lipinski definition) is 0. The Morgan fingerprint density at radius 1 is 0.566 bits per heavy atom. The summed E-state index contributed by atoms with van der Waals surface area (Å²) in [5, 5.41) is 0. The summed E-state index contributed by atoms with van der Waals surface area (Å²) in [7, 11) is 2.81. The number of rotatable bonds is 32. The van der Waals surface area contributed by atoms with Gasteiger partial charge in [0.2, 0.25) is 0 Å². The van der Waals surface area contributed by atoms with Gasteiger partial charge >= 0.3 is 35.8 Å². The number of aryl methyl sites for hydroxylation is 3. The molecule has 0 aliphatic heterocycles. The third-order valence-electron chi connectivity index (χ3n) is 13.3. The van der Waals surface area contributed by atoms with E-state index < -0.39 is 54.9 Å². The molecule has 0 aromatic heterocycles. The molecule has 0 unspecified atom stereocenters. The highest BCUT2D eigenvalue weighted by Gasteiger charge is 2.26. The highest BCUT2D eigenvalue weighted by molar-refractivity contribution is 6.30. The van der Waals surface area contributed by atoms with E-state index >= 15 is 4.39 Å². The molecule has 0 spiro atoms. The second-order valence-corrected chi connectivity index (χ2v) is 19.3. The van der Waals surface area contributed by atoms with Crippen LogP contribution in [-0.2, 0) is 85.9 Å². The topological polar surface area (TPSA) is 185 Å². The van der Waals surface area contributed by atoms with E-state index in [2.05, 4.69) is 26.1 Å². The van der Waals surface area contributed by atoms with Crippen LogP contribution >= 0.6 is 0 Å². The molecule has 4 rings (SSSR count). The summed E-state index contributed by atoms with van der Waals surface area (Å²) in [5.74, 6) is -5.51. The quantitative estimate of drug-likeness (QED) is 0.0189. The fourth-order valence-electron chi connectivity index (χ4n) is 8.99. The molecule has 1 aliphatic rings. The lowest BCUT2D eigenvalue weighted by Gasteiger charge is -2.29. The fourth-order valence-corrected chi connectivity index (χ4v) is 8.99. The average Bonchev–Trinajstić information content (AvgIpc) is 3.42. The van der Waals surface area contributed by atoms with Crippen LogP contribution in [0.5, 0.6) is 5.75 Å². The molecule has 3 aromatic carbocycles. The van der Waals surface area contributed by atoms with Crippen LogP contribution in [0.4, 0.5) is 4.39 Å². The zero-order valence-corrected chi connectivity index (χ0v) is 45.5. The lowest BCUT2D eigenvalue weighted by molar-refractivity contribution is -0.172. The molecule has 416 valence electrons. The normalized spacial score (nSPS) is 14.1. The van der Waals surface area contributed by atoms with Crippen LogP contribution < -0.4 is 4.74 Å². The molecule has 1 fully saturated rings. The lowest BCUT2D eigenvalue weighted by Crippen LogP contribution is -2.29. The fraction of sp³-hybridized carbons (Fsp3) is 0.533. The van der Waals surface area contributed by atoms with Gasteiger partial charge in [0.15, 0.2) is 0 Å². The van der Waals surface area contributed by atoms with Gasteiger partial charge in [0, 0.05) is 36.8 Å². The highest BCUT2D eigenvalue weighted by Crippen LogP contribution is 2.40. The van der Waals surface area contributed by atoms with Crippen molar-refractivity contribution in [1.29, 1.82) is 0 Å². The van der Waals surface area contributed by atoms with E-state index in [0.717, 1.165) is 57.7 Å². The highest BCUT2D eigenvalue weighted by atomic mass is 19.1. The minimum absolute atomic E-state index is 0.0372. The van der Waals surface area contributed by atoms with Gasteiger partial charge in [-0.25, -0.2) is 33.2 Å². The van der Waals surface area contributed by atoms with Crippen molar-refractivity contribution in [3.63, 3.8) is 0 Å². The maximum absolute atomic E-state index is 16.2. The van der Waals surface area contributed by atoms with Crippen molar-refractivity contribution >= 4 is 35.8 Å². The Morgan fingerprint density at radius 2 is 1.08 bits per heavy atom. The summed E-state index contributed by atoms with van der Waals surface area (Å²) in [5.41, 5.74) is 7.15. The molecule has 16 heteroatoms. The van der Waals surface area contributed by atoms with Crippen molar-refractivity contribution in [2.75, 3.05) is 73.7 Å². The third kappa shape index (κ3) is 20.6. The molecule has 1 saturated carbocycles. The van der Waals surface area contributed by atoms with Crippen LogP contribution in [0.1, 0.15) is 126 Å². The Hall–Kier alpha value is -6.39. The van der Waals surface area contributed by atoms with E-state index in [0.29, 0.717) is 49.3 Å². The van der Waals surface area contributed by atoms with Gasteiger partial charge in [-0.05, 0) is 147 Å². The van der Waals surface area contributed by atoms with Gasteiger partial charge < -0.3 is 42.6 Å². The molecule has 0 heterocycles. The molecule has 0 radical (unpaired) electrons. The van der Waals surface area contributed by atoms with E-state index in [1.54, 1.807) is 19.9 Å².